The first kappa shape index (κ1) is 17.9. The third-order valence-electron chi connectivity index (χ3n) is 4.75. The molecule has 0 bridgehead atoms. The van der Waals surface area contributed by atoms with Gasteiger partial charge in [0.2, 0.25) is 5.75 Å². The van der Waals surface area contributed by atoms with E-state index in [1.807, 2.05) is 0 Å². The van der Waals surface area contributed by atoms with Gasteiger partial charge in [-0.2, -0.15) is 0 Å². The molecular weight excluding hydrogens is 290 g/mol. The molecule has 1 aromatic rings. The van der Waals surface area contributed by atoms with Gasteiger partial charge in [-0.15, -0.1) is 0 Å². The van der Waals surface area contributed by atoms with Crippen LogP contribution >= 0.6 is 0 Å². The van der Waals surface area contributed by atoms with Crippen molar-refractivity contribution in [3.05, 3.63) is 17.2 Å². The van der Waals surface area contributed by atoms with Crippen molar-refractivity contribution in [3.63, 3.8) is 0 Å². The van der Waals surface area contributed by atoms with Crippen LogP contribution in [-0.2, 0) is 12.8 Å². The summed E-state index contributed by atoms with van der Waals surface area (Å²) in [7, 11) is 5.07. The number of hydrogen-bond donors (Lipinski definition) is 0. The van der Waals surface area contributed by atoms with Crippen LogP contribution in [0.5, 0.6) is 17.2 Å². The van der Waals surface area contributed by atoms with Crippen LogP contribution in [0, 0.1) is 0 Å². The first-order chi connectivity index (χ1) is 11.2. The summed E-state index contributed by atoms with van der Waals surface area (Å²) >= 11 is 0. The summed E-state index contributed by atoms with van der Waals surface area (Å²) in [6.45, 7) is 6.88. The zero-order valence-corrected chi connectivity index (χ0v) is 15.3. The van der Waals surface area contributed by atoms with Crippen LogP contribution in [0.2, 0.25) is 0 Å². The van der Waals surface area contributed by atoms with Crippen LogP contribution in [0.15, 0.2) is 6.07 Å². The summed E-state index contributed by atoms with van der Waals surface area (Å²) in [6.07, 6.45) is 5.69. The molecule has 0 saturated carbocycles. The highest BCUT2D eigenvalue weighted by atomic mass is 16.5. The summed E-state index contributed by atoms with van der Waals surface area (Å²) < 4.78 is 16.7. The summed E-state index contributed by atoms with van der Waals surface area (Å²) in [5.74, 6) is 2.32. The fraction of sp³-hybridized carbons (Fsp3) is 0.684. The van der Waals surface area contributed by atoms with E-state index >= 15 is 0 Å². The summed E-state index contributed by atoms with van der Waals surface area (Å²) in [5.41, 5.74) is 2.63. The minimum absolute atomic E-state index is 0.616. The Balaban J connectivity index is 2.33. The monoisotopic (exact) mass is 321 g/mol. The fourth-order valence-corrected chi connectivity index (χ4v) is 3.75. The minimum atomic E-state index is 0.616. The first-order valence-electron chi connectivity index (χ1n) is 8.74. The van der Waals surface area contributed by atoms with Crippen molar-refractivity contribution >= 4 is 0 Å². The van der Waals surface area contributed by atoms with Gasteiger partial charge < -0.3 is 19.1 Å². The average Bonchev–Trinajstić information content (AvgIpc) is 2.59. The van der Waals surface area contributed by atoms with Crippen molar-refractivity contribution in [3.8, 4) is 17.2 Å². The van der Waals surface area contributed by atoms with Crippen molar-refractivity contribution in [2.24, 2.45) is 0 Å². The molecule has 0 heterocycles. The van der Waals surface area contributed by atoms with Gasteiger partial charge in [-0.05, 0) is 56.8 Å². The van der Waals surface area contributed by atoms with Crippen molar-refractivity contribution in [2.75, 3.05) is 34.4 Å². The van der Waals surface area contributed by atoms with Crippen molar-refractivity contribution < 1.29 is 14.2 Å². The van der Waals surface area contributed by atoms with E-state index in [-0.39, 0.29) is 0 Å². The van der Waals surface area contributed by atoms with E-state index in [0.29, 0.717) is 11.8 Å². The normalized spacial score (nSPS) is 17.0. The second-order valence-corrected chi connectivity index (χ2v) is 6.22. The Morgan fingerprint density at radius 2 is 1.65 bits per heavy atom. The lowest BCUT2D eigenvalue weighted by Gasteiger charge is -2.35. The number of hydrogen-bond acceptors (Lipinski definition) is 4. The molecule has 2 rings (SSSR count). The zero-order chi connectivity index (χ0) is 16.8. The Bertz CT molecular complexity index is 510. The van der Waals surface area contributed by atoms with Crippen LogP contribution in [0.4, 0.5) is 0 Å². The Morgan fingerprint density at radius 1 is 1.00 bits per heavy atom. The van der Waals surface area contributed by atoms with E-state index < -0.39 is 0 Å². The number of nitrogens with zero attached hydrogens (tertiary/aromatic N) is 1. The van der Waals surface area contributed by atoms with Crippen molar-refractivity contribution in [1.82, 2.24) is 4.90 Å². The van der Waals surface area contributed by atoms with E-state index in [2.05, 4.69) is 24.8 Å². The lowest BCUT2D eigenvalue weighted by molar-refractivity contribution is 0.179. The van der Waals surface area contributed by atoms with Gasteiger partial charge in [0, 0.05) is 11.6 Å². The Kier molecular flexibility index (Phi) is 6.58. The van der Waals surface area contributed by atoms with Gasteiger partial charge in [0.05, 0.1) is 21.3 Å². The van der Waals surface area contributed by atoms with Crippen LogP contribution in [-0.4, -0.2) is 45.4 Å². The number of rotatable bonds is 8. The van der Waals surface area contributed by atoms with Gasteiger partial charge in [-0.25, -0.2) is 0 Å². The summed E-state index contributed by atoms with van der Waals surface area (Å²) in [4.78, 5) is 2.64. The lowest BCUT2D eigenvalue weighted by Crippen LogP contribution is -2.40. The number of benzene rings is 1. The molecule has 1 aliphatic rings. The molecule has 0 spiro atoms. The average molecular weight is 321 g/mol. The zero-order valence-electron chi connectivity index (χ0n) is 15.3. The van der Waals surface area contributed by atoms with Gasteiger partial charge in [-0.1, -0.05) is 13.8 Å². The number of methoxy groups -OCH3 is 3. The summed E-state index contributed by atoms with van der Waals surface area (Å²) in [6, 6.07) is 2.75. The molecule has 1 atom stereocenters. The van der Waals surface area contributed by atoms with Gasteiger partial charge in [0.1, 0.15) is 0 Å². The largest absolute Gasteiger partial charge is 0.493 e. The SMILES string of the molecule is CCCN(CCC)C1CCc2c(cc(OC)c(OC)c2OC)C1. The molecule has 0 aromatic heterocycles. The third kappa shape index (κ3) is 3.74. The molecule has 0 N–H and O–H groups in total. The smallest absolute Gasteiger partial charge is 0.203 e. The Hall–Kier alpha value is -1.42. The van der Waals surface area contributed by atoms with E-state index in [1.54, 1.807) is 21.3 Å². The third-order valence-corrected chi connectivity index (χ3v) is 4.75. The molecule has 1 aliphatic carbocycles. The van der Waals surface area contributed by atoms with E-state index in [4.69, 9.17) is 14.2 Å². The molecular formula is C19H31NO3. The molecule has 4 nitrogen and oxygen atoms in total. The topological polar surface area (TPSA) is 30.9 Å². The van der Waals surface area contributed by atoms with Crippen molar-refractivity contribution in [1.29, 1.82) is 0 Å². The minimum Gasteiger partial charge on any atom is -0.493 e. The standard InChI is InChI=1S/C19H31NO3/c1-6-10-20(11-7-2)15-8-9-16-14(12-15)13-17(21-3)19(23-5)18(16)22-4/h13,15H,6-12H2,1-5H3. The van der Waals surface area contributed by atoms with Crippen molar-refractivity contribution in [2.45, 2.75) is 52.0 Å². The molecule has 0 aliphatic heterocycles. The highest BCUT2D eigenvalue weighted by Crippen LogP contribution is 2.44. The van der Waals surface area contributed by atoms with Gasteiger partial charge in [-0.3, -0.25) is 0 Å². The maximum absolute atomic E-state index is 5.65. The van der Waals surface area contributed by atoms with E-state index in [0.717, 1.165) is 24.3 Å². The molecule has 0 saturated heterocycles. The number of ether oxygens (including phenoxy) is 3. The van der Waals surface area contributed by atoms with E-state index in [9.17, 15) is 0 Å². The highest BCUT2D eigenvalue weighted by Gasteiger charge is 2.28. The molecule has 23 heavy (non-hydrogen) atoms. The van der Waals surface area contributed by atoms with E-state index in [1.165, 1.54) is 43.5 Å². The predicted octanol–water partition coefficient (Wildman–Crippen LogP) is 3.69. The predicted molar refractivity (Wildman–Crippen MR) is 94.1 cm³/mol. The first-order valence-corrected chi connectivity index (χ1v) is 8.74. The molecule has 0 radical (unpaired) electrons. The maximum Gasteiger partial charge on any atom is 0.203 e. The van der Waals surface area contributed by atoms with Crippen LogP contribution in [0.25, 0.3) is 0 Å². The molecule has 0 amide bonds. The molecule has 4 heteroatoms. The highest BCUT2D eigenvalue weighted by molar-refractivity contribution is 5.60. The Labute approximate surface area is 140 Å². The van der Waals surface area contributed by atoms with Crippen LogP contribution in [0.3, 0.4) is 0 Å². The number of fused-ring (bicyclic) bond motifs is 1. The molecule has 1 aromatic carbocycles. The Morgan fingerprint density at radius 3 is 2.17 bits per heavy atom. The molecule has 0 fully saturated rings. The molecule has 130 valence electrons. The molecule has 1 unspecified atom stereocenters. The second-order valence-electron chi connectivity index (χ2n) is 6.22. The lowest BCUT2D eigenvalue weighted by atomic mass is 9.86. The summed E-state index contributed by atoms with van der Waals surface area (Å²) in [5, 5.41) is 0. The second kappa shape index (κ2) is 8.44. The quantitative estimate of drug-likeness (QED) is 0.730. The van der Waals surface area contributed by atoms with Crippen LogP contribution in [0.1, 0.15) is 44.2 Å². The van der Waals surface area contributed by atoms with Gasteiger partial charge in [0.15, 0.2) is 11.5 Å². The van der Waals surface area contributed by atoms with Crippen LogP contribution < -0.4 is 14.2 Å². The fourth-order valence-electron chi connectivity index (χ4n) is 3.75. The van der Waals surface area contributed by atoms with Gasteiger partial charge >= 0.3 is 0 Å². The van der Waals surface area contributed by atoms with Gasteiger partial charge in [0.25, 0.3) is 0 Å². The maximum atomic E-state index is 5.65.